The molecule has 2 aromatic carbocycles. The number of aryl methyl sites for hydroxylation is 1. The van der Waals surface area contributed by atoms with Crippen LogP contribution < -0.4 is 16.4 Å². The molecule has 0 saturated carbocycles. The highest BCUT2D eigenvalue weighted by Crippen LogP contribution is 2.35. The third kappa shape index (κ3) is 5.56. The van der Waals surface area contributed by atoms with Gasteiger partial charge in [-0.25, -0.2) is 4.79 Å². The van der Waals surface area contributed by atoms with Crippen LogP contribution in [-0.4, -0.2) is 42.5 Å². The Kier molecular flexibility index (Phi) is 7.48. The van der Waals surface area contributed by atoms with Gasteiger partial charge in [-0.1, -0.05) is 42.5 Å². The van der Waals surface area contributed by atoms with Gasteiger partial charge in [0, 0.05) is 6.54 Å². The van der Waals surface area contributed by atoms with E-state index in [1.165, 1.54) is 48.2 Å². The van der Waals surface area contributed by atoms with Crippen molar-refractivity contribution in [2.45, 2.75) is 58.5 Å². The zero-order valence-corrected chi connectivity index (χ0v) is 20.6. The number of nitrogens with two attached hydrogens (primary N) is 1. The van der Waals surface area contributed by atoms with E-state index in [1.807, 2.05) is 0 Å². The van der Waals surface area contributed by atoms with Crippen LogP contribution in [0.1, 0.15) is 50.3 Å². The van der Waals surface area contributed by atoms with Crippen molar-refractivity contribution in [1.82, 2.24) is 15.5 Å². The molecule has 1 atom stereocenters. The van der Waals surface area contributed by atoms with E-state index in [0.29, 0.717) is 5.92 Å². The van der Waals surface area contributed by atoms with E-state index in [9.17, 15) is 4.79 Å². The molecule has 3 amide bonds. The van der Waals surface area contributed by atoms with E-state index in [1.54, 1.807) is 0 Å². The standard InChI is InChI=1S/C26H35N3O.CH3NO/c1-18-7-6-8-23(19(18)2)20-9-11-21(12-10-20)25(3,4)27-24(30)28-26(5)17-29-15-13-22(26)14-16-29;2-1-3/h6-12,22H,13-17H2,1-5H3,(H2,27,28,30);1H,(H2,2,3). The zero-order chi connectivity index (χ0) is 24.2. The van der Waals surface area contributed by atoms with Crippen LogP contribution in [0.5, 0.6) is 0 Å². The lowest BCUT2D eigenvalue weighted by Gasteiger charge is -2.52. The van der Waals surface area contributed by atoms with Gasteiger partial charge in [-0.05, 0) is 94.3 Å². The normalized spacial score (nSPS) is 23.8. The minimum atomic E-state index is -0.450. The molecule has 1 unspecified atom stereocenters. The summed E-state index contributed by atoms with van der Waals surface area (Å²) in [5, 5.41) is 6.53. The molecule has 4 N–H and O–H groups in total. The van der Waals surface area contributed by atoms with Crippen LogP contribution in [0.3, 0.4) is 0 Å². The van der Waals surface area contributed by atoms with E-state index in [0.717, 1.165) is 12.1 Å². The summed E-state index contributed by atoms with van der Waals surface area (Å²) in [7, 11) is 0. The fourth-order valence-electron chi connectivity index (χ4n) is 5.24. The van der Waals surface area contributed by atoms with Gasteiger partial charge in [0.1, 0.15) is 0 Å². The van der Waals surface area contributed by atoms with E-state index < -0.39 is 5.54 Å². The Bertz CT molecular complexity index is 978. The number of nitrogens with zero attached hydrogens (tertiary/aromatic N) is 1. The summed E-state index contributed by atoms with van der Waals surface area (Å²) in [6, 6.07) is 14.9. The van der Waals surface area contributed by atoms with E-state index in [-0.39, 0.29) is 18.0 Å². The number of hydrogen-bond acceptors (Lipinski definition) is 3. The van der Waals surface area contributed by atoms with Gasteiger partial charge in [-0.2, -0.15) is 0 Å². The lowest BCUT2D eigenvalue weighted by Crippen LogP contribution is -2.67. The maximum absolute atomic E-state index is 12.9. The Morgan fingerprint density at radius 1 is 1.12 bits per heavy atom. The highest BCUT2D eigenvalue weighted by atomic mass is 16.2. The molecule has 3 heterocycles. The first kappa shape index (κ1) is 24.8. The van der Waals surface area contributed by atoms with Gasteiger partial charge in [0.2, 0.25) is 6.41 Å². The van der Waals surface area contributed by atoms with Crippen LogP contribution >= 0.6 is 0 Å². The number of fused-ring (bicyclic) bond motifs is 3. The minimum Gasteiger partial charge on any atom is -0.372 e. The number of amides is 3. The number of primary amides is 1. The van der Waals surface area contributed by atoms with Crippen LogP contribution in [0.4, 0.5) is 4.79 Å². The molecule has 3 saturated heterocycles. The molecule has 0 spiro atoms. The van der Waals surface area contributed by atoms with Crippen LogP contribution in [0, 0.1) is 19.8 Å². The molecule has 3 fully saturated rings. The van der Waals surface area contributed by atoms with E-state index >= 15 is 0 Å². The third-order valence-electron chi connectivity index (χ3n) is 7.39. The second-order valence-electron chi connectivity index (χ2n) is 10.1. The number of carbonyl (C=O) groups excluding carboxylic acids is 2. The van der Waals surface area contributed by atoms with Crippen LogP contribution in [-0.2, 0) is 10.3 Å². The molecule has 2 bridgehead atoms. The van der Waals surface area contributed by atoms with Crippen molar-refractivity contribution in [3.8, 4) is 11.1 Å². The second-order valence-corrected chi connectivity index (χ2v) is 10.1. The lowest BCUT2D eigenvalue weighted by atomic mass is 9.74. The van der Waals surface area contributed by atoms with Gasteiger partial charge in [-0.3, -0.25) is 4.79 Å². The quantitative estimate of drug-likeness (QED) is 0.613. The van der Waals surface area contributed by atoms with Gasteiger partial charge >= 0.3 is 6.03 Å². The molecular weight excluding hydrogens is 412 g/mol. The number of nitrogens with one attached hydrogen (secondary N) is 2. The van der Waals surface area contributed by atoms with Crippen molar-refractivity contribution < 1.29 is 9.59 Å². The lowest BCUT2D eigenvalue weighted by molar-refractivity contribution is -0.106. The molecule has 0 radical (unpaired) electrons. The van der Waals surface area contributed by atoms with Gasteiger partial charge in [-0.15, -0.1) is 0 Å². The summed E-state index contributed by atoms with van der Waals surface area (Å²) >= 11 is 0. The molecule has 2 aromatic rings. The molecule has 6 nitrogen and oxygen atoms in total. The molecule has 33 heavy (non-hydrogen) atoms. The fraction of sp³-hybridized carbons (Fsp3) is 0.481. The number of benzene rings is 2. The summed E-state index contributed by atoms with van der Waals surface area (Å²) in [5.74, 6) is 0.577. The smallest absolute Gasteiger partial charge is 0.315 e. The summed E-state index contributed by atoms with van der Waals surface area (Å²) in [6.45, 7) is 13.9. The van der Waals surface area contributed by atoms with Crippen molar-refractivity contribution in [2.24, 2.45) is 11.7 Å². The molecule has 0 aromatic heterocycles. The summed E-state index contributed by atoms with van der Waals surface area (Å²) in [4.78, 5) is 24.0. The molecule has 178 valence electrons. The number of carbonyl (C=O) groups is 2. The van der Waals surface area contributed by atoms with Gasteiger partial charge in [0.25, 0.3) is 0 Å². The predicted molar refractivity (Wildman–Crippen MR) is 134 cm³/mol. The first-order valence-electron chi connectivity index (χ1n) is 11.7. The number of piperidine rings is 3. The molecule has 3 aliphatic heterocycles. The maximum atomic E-state index is 12.9. The fourth-order valence-corrected chi connectivity index (χ4v) is 5.24. The average Bonchev–Trinajstić information content (AvgIpc) is 2.76. The van der Waals surface area contributed by atoms with Gasteiger partial charge in [0.15, 0.2) is 0 Å². The summed E-state index contributed by atoms with van der Waals surface area (Å²) in [6.07, 6.45) is 2.61. The molecule has 0 aliphatic carbocycles. The largest absolute Gasteiger partial charge is 0.372 e. The van der Waals surface area contributed by atoms with Crippen molar-refractivity contribution in [3.05, 3.63) is 59.2 Å². The zero-order valence-electron chi connectivity index (χ0n) is 20.6. The van der Waals surface area contributed by atoms with Crippen molar-refractivity contribution in [2.75, 3.05) is 19.6 Å². The van der Waals surface area contributed by atoms with Crippen LogP contribution in [0.2, 0.25) is 0 Å². The topological polar surface area (TPSA) is 87.5 Å². The highest BCUT2D eigenvalue weighted by molar-refractivity contribution is 5.76. The van der Waals surface area contributed by atoms with E-state index in [2.05, 4.69) is 98.4 Å². The predicted octanol–water partition coefficient (Wildman–Crippen LogP) is 4.09. The molecule has 3 aliphatic rings. The monoisotopic (exact) mass is 450 g/mol. The number of hydrogen-bond donors (Lipinski definition) is 3. The third-order valence-corrected chi connectivity index (χ3v) is 7.39. The maximum Gasteiger partial charge on any atom is 0.315 e. The summed E-state index contributed by atoms with van der Waals surface area (Å²) in [5.41, 5.74) is 9.77. The number of rotatable bonds is 4. The SMILES string of the molecule is Cc1cccc(-c2ccc(C(C)(C)NC(=O)NC3(C)CN4CCC3CC4)cc2)c1C.NC=O. The van der Waals surface area contributed by atoms with Gasteiger partial charge < -0.3 is 21.3 Å². The summed E-state index contributed by atoms with van der Waals surface area (Å²) < 4.78 is 0. The molecular formula is C27H38N4O2. The average molecular weight is 451 g/mol. The Labute approximate surface area is 197 Å². The second kappa shape index (κ2) is 9.96. The Morgan fingerprint density at radius 3 is 2.27 bits per heavy atom. The first-order valence-corrected chi connectivity index (χ1v) is 11.7. The van der Waals surface area contributed by atoms with Crippen molar-refractivity contribution in [3.63, 3.8) is 0 Å². The van der Waals surface area contributed by atoms with Crippen molar-refractivity contribution >= 4 is 12.4 Å². The Balaban J connectivity index is 0.000000968. The minimum absolute atomic E-state index is 0.0742. The highest BCUT2D eigenvalue weighted by Gasteiger charge is 2.44. The van der Waals surface area contributed by atoms with Gasteiger partial charge in [0.05, 0.1) is 11.1 Å². The Hall–Kier alpha value is -2.86. The van der Waals surface area contributed by atoms with Crippen LogP contribution in [0.25, 0.3) is 11.1 Å². The first-order chi connectivity index (χ1) is 15.6. The Morgan fingerprint density at radius 2 is 1.73 bits per heavy atom. The van der Waals surface area contributed by atoms with Crippen LogP contribution in [0.15, 0.2) is 42.5 Å². The van der Waals surface area contributed by atoms with Crippen molar-refractivity contribution in [1.29, 1.82) is 0 Å². The molecule has 5 rings (SSSR count). The number of urea groups is 1. The molecule has 6 heteroatoms. The van der Waals surface area contributed by atoms with E-state index in [4.69, 9.17) is 4.79 Å².